The van der Waals surface area contributed by atoms with E-state index >= 15 is 0 Å². The van der Waals surface area contributed by atoms with Gasteiger partial charge in [-0.15, -0.1) is 22.7 Å². The number of aromatic nitrogens is 1. The van der Waals surface area contributed by atoms with Crippen molar-refractivity contribution in [2.24, 2.45) is 0 Å². The van der Waals surface area contributed by atoms with Crippen LogP contribution in [0, 0.1) is 0 Å². The molecule has 2 aromatic heterocycles. The number of benzene rings is 1. The fourth-order valence-electron chi connectivity index (χ4n) is 3.14. The molecule has 25 heavy (non-hydrogen) atoms. The minimum atomic E-state index is -0.0388. The molecule has 1 aliphatic rings. The third-order valence-electron chi connectivity index (χ3n) is 4.35. The molecule has 0 saturated carbocycles. The molecule has 1 N–H and O–H groups in total. The summed E-state index contributed by atoms with van der Waals surface area (Å²) in [5.41, 5.74) is 3.21. The lowest BCUT2D eigenvalue weighted by atomic mass is 9.96. The fraction of sp³-hybridized carbons (Fsp3) is 0.263. The number of carbonyl (C=O) groups excluding carboxylic acids is 1. The molecule has 1 aliphatic carbocycles. The molecule has 1 aromatic carbocycles. The van der Waals surface area contributed by atoms with Crippen molar-refractivity contribution < 1.29 is 4.79 Å². The van der Waals surface area contributed by atoms with Crippen molar-refractivity contribution in [2.45, 2.75) is 32.1 Å². The zero-order valence-electron chi connectivity index (χ0n) is 13.5. The monoisotopic (exact) mass is 388 g/mol. The molecule has 0 radical (unpaired) electrons. The molecule has 0 unspecified atom stereocenters. The molecule has 0 spiro atoms. The number of halogens is 1. The summed E-state index contributed by atoms with van der Waals surface area (Å²) in [6.07, 6.45) is 7.11. The van der Waals surface area contributed by atoms with Crippen molar-refractivity contribution in [1.29, 1.82) is 0 Å². The predicted octanol–water partition coefficient (Wildman–Crippen LogP) is 5.58. The number of amides is 1. The molecule has 3 aromatic rings. The van der Waals surface area contributed by atoms with Gasteiger partial charge in [0, 0.05) is 32.8 Å². The Balaban J connectivity index is 1.46. The molecule has 2 heterocycles. The molecule has 6 heteroatoms. The van der Waals surface area contributed by atoms with Gasteiger partial charge in [-0.3, -0.25) is 10.1 Å². The van der Waals surface area contributed by atoms with Gasteiger partial charge in [0.15, 0.2) is 5.13 Å². The van der Waals surface area contributed by atoms with Gasteiger partial charge < -0.3 is 0 Å². The first kappa shape index (κ1) is 16.8. The van der Waals surface area contributed by atoms with E-state index in [2.05, 4.69) is 10.3 Å². The topological polar surface area (TPSA) is 42.0 Å². The van der Waals surface area contributed by atoms with Crippen molar-refractivity contribution in [3.63, 3.8) is 0 Å². The van der Waals surface area contributed by atoms with E-state index in [1.54, 1.807) is 11.3 Å². The average molecular weight is 389 g/mol. The molecule has 3 nitrogen and oxygen atoms in total. The number of carbonyl (C=O) groups is 1. The highest BCUT2D eigenvalue weighted by atomic mass is 35.5. The standard InChI is InChI=1S/C19H17ClN2OS2/c20-13-5-3-4-12(8-13)9-14-10-21-19(25-14)22-18(23)16-11-24-17-7-2-1-6-15(16)17/h3-5,8,10-11H,1-2,6-7,9H2,(H,21,22,23). The number of fused-ring (bicyclic) bond motifs is 1. The van der Waals surface area contributed by atoms with Crippen LogP contribution in [0.3, 0.4) is 0 Å². The summed E-state index contributed by atoms with van der Waals surface area (Å²) < 4.78 is 0. The zero-order valence-corrected chi connectivity index (χ0v) is 15.9. The average Bonchev–Trinajstić information content (AvgIpc) is 3.21. The quantitative estimate of drug-likeness (QED) is 0.633. The number of rotatable bonds is 4. The number of aryl methyl sites for hydroxylation is 1. The lowest BCUT2D eigenvalue weighted by Crippen LogP contribution is -2.14. The Morgan fingerprint density at radius 2 is 2.16 bits per heavy atom. The normalized spacial score (nSPS) is 13.5. The highest BCUT2D eigenvalue weighted by Gasteiger charge is 2.20. The number of thiazole rings is 1. The summed E-state index contributed by atoms with van der Waals surface area (Å²) in [7, 11) is 0. The van der Waals surface area contributed by atoms with E-state index in [0.29, 0.717) is 5.13 Å². The Labute approximate surface area is 159 Å². The second-order valence-corrected chi connectivity index (χ2v) is 8.67. The minimum absolute atomic E-state index is 0.0388. The summed E-state index contributed by atoms with van der Waals surface area (Å²) in [5.74, 6) is -0.0388. The smallest absolute Gasteiger partial charge is 0.258 e. The summed E-state index contributed by atoms with van der Waals surface area (Å²) >= 11 is 9.25. The van der Waals surface area contributed by atoms with E-state index in [1.807, 2.05) is 35.8 Å². The first-order valence-corrected chi connectivity index (χ1v) is 10.4. The van der Waals surface area contributed by atoms with E-state index in [1.165, 1.54) is 34.6 Å². The van der Waals surface area contributed by atoms with Crippen LogP contribution < -0.4 is 5.32 Å². The van der Waals surface area contributed by atoms with Crippen LogP contribution in [-0.2, 0) is 19.3 Å². The minimum Gasteiger partial charge on any atom is -0.298 e. The van der Waals surface area contributed by atoms with E-state index in [0.717, 1.165) is 40.3 Å². The highest BCUT2D eigenvalue weighted by molar-refractivity contribution is 7.15. The highest BCUT2D eigenvalue weighted by Crippen LogP contribution is 2.31. The summed E-state index contributed by atoms with van der Waals surface area (Å²) in [6.45, 7) is 0. The van der Waals surface area contributed by atoms with Gasteiger partial charge in [0.05, 0.1) is 5.56 Å². The number of nitrogens with one attached hydrogen (secondary N) is 1. The van der Waals surface area contributed by atoms with Gasteiger partial charge in [0.1, 0.15) is 0 Å². The Hall–Kier alpha value is -1.69. The number of hydrogen-bond acceptors (Lipinski definition) is 4. The van der Waals surface area contributed by atoms with Crippen molar-refractivity contribution in [2.75, 3.05) is 5.32 Å². The van der Waals surface area contributed by atoms with Gasteiger partial charge in [-0.2, -0.15) is 0 Å². The summed E-state index contributed by atoms with van der Waals surface area (Å²) in [5, 5.41) is 6.34. The molecule has 0 atom stereocenters. The molecule has 0 saturated heterocycles. The molecule has 0 bridgehead atoms. The molecule has 128 valence electrons. The lowest BCUT2D eigenvalue weighted by molar-refractivity contribution is 0.102. The largest absolute Gasteiger partial charge is 0.298 e. The fourth-order valence-corrected chi connectivity index (χ4v) is 5.32. The summed E-state index contributed by atoms with van der Waals surface area (Å²) in [4.78, 5) is 19.4. The molecule has 1 amide bonds. The van der Waals surface area contributed by atoms with Crippen LogP contribution in [0.2, 0.25) is 5.02 Å². The first-order valence-electron chi connectivity index (χ1n) is 8.29. The number of hydrogen-bond donors (Lipinski definition) is 1. The van der Waals surface area contributed by atoms with Crippen LogP contribution in [0.4, 0.5) is 5.13 Å². The van der Waals surface area contributed by atoms with E-state index < -0.39 is 0 Å². The van der Waals surface area contributed by atoms with Crippen LogP contribution in [0.25, 0.3) is 0 Å². The van der Waals surface area contributed by atoms with Crippen LogP contribution in [0.5, 0.6) is 0 Å². The van der Waals surface area contributed by atoms with Gasteiger partial charge in [0.2, 0.25) is 0 Å². The number of thiophene rings is 1. The maximum Gasteiger partial charge on any atom is 0.258 e. The van der Waals surface area contributed by atoms with Gasteiger partial charge in [-0.25, -0.2) is 4.98 Å². The van der Waals surface area contributed by atoms with Gasteiger partial charge in [-0.05, 0) is 48.9 Å². The van der Waals surface area contributed by atoms with Crippen molar-refractivity contribution in [3.8, 4) is 0 Å². The predicted molar refractivity (Wildman–Crippen MR) is 105 cm³/mol. The first-order chi connectivity index (χ1) is 12.2. The van der Waals surface area contributed by atoms with Crippen LogP contribution in [0.15, 0.2) is 35.8 Å². The maximum absolute atomic E-state index is 12.6. The lowest BCUT2D eigenvalue weighted by Gasteiger charge is -2.12. The van der Waals surface area contributed by atoms with Gasteiger partial charge in [0.25, 0.3) is 5.91 Å². The zero-order chi connectivity index (χ0) is 17.2. The van der Waals surface area contributed by atoms with Gasteiger partial charge >= 0.3 is 0 Å². The van der Waals surface area contributed by atoms with E-state index in [-0.39, 0.29) is 5.91 Å². The third kappa shape index (κ3) is 3.78. The molecule has 4 rings (SSSR count). The SMILES string of the molecule is O=C(Nc1ncc(Cc2cccc(Cl)c2)s1)c1csc2c1CCCC2. The van der Waals surface area contributed by atoms with Crippen LogP contribution in [0.1, 0.15) is 44.1 Å². The Morgan fingerprint density at radius 3 is 3.04 bits per heavy atom. The number of nitrogens with zero attached hydrogens (tertiary/aromatic N) is 1. The second-order valence-electron chi connectivity index (χ2n) is 6.15. The maximum atomic E-state index is 12.6. The Bertz CT molecular complexity index is 916. The molecule has 0 fully saturated rings. The van der Waals surface area contributed by atoms with Crippen molar-refractivity contribution in [3.05, 3.63) is 67.3 Å². The van der Waals surface area contributed by atoms with E-state index in [4.69, 9.17) is 11.6 Å². The van der Waals surface area contributed by atoms with Crippen LogP contribution in [-0.4, -0.2) is 10.9 Å². The van der Waals surface area contributed by atoms with Crippen molar-refractivity contribution in [1.82, 2.24) is 4.98 Å². The van der Waals surface area contributed by atoms with Crippen molar-refractivity contribution >= 4 is 45.3 Å². The molecular formula is C19H17ClN2OS2. The van der Waals surface area contributed by atoms with Crippen LogP contribution >= 0.6 is 34.3 Å². The Kier molecular flexibility index (Phi) is 4.88. The number of anilines is 1. The Morgan fingerprint density at radius 1 is 1.28 bits per heavy atom. The van der Waals surface area contributed by atoms with Gasteiger partial charge in [-0.1, -0.05) is 23.7 Å². The second kappa shape index (κ2) is 7.28. The molecule has 0 aliphatic heterocycles. The third-order valence-corrected chi connectivity index (χ3v) is 6.58. The van der Waals surface area contributed by atoms with E-state index in [9.17, 15) is 4.79 Å². The molecular weight excluding hydrogens is 372 g/mol. The summed E-state index contributed by atoms with van der Waals surface area (Å²) in [6, 6.07) is 7.81.